The minimum absolute atomic E-state index is 0.114. The molecule has 1 fully saturated rings. The average Bonchev–Trinajstić information content (AvgIpc) is 3.09. The predicted octanol–water partition coefficient (Wildman–Crippen LogP) is -0.0757. The van der Waals surface area contributed by atoms with E-state index in [0.29, 0.717) is 18.4 Å². The van der Waals surface area contributed by atoms with Crippen LogP contribution in [0.15, 0.2) is 12.7 Å². The van der Waals surface area contributed by atoms with E-state index in [2.05, 4.69) is 25.0 Å². The van der Waals surface area contributed by atoms with E-state index in [1.807, 2.05) is 4.90 Å². The van der Waals surface area contributed by atoms with Crippen molar-refractivity contribution in [2.75, 3.05) is 24.6 Å². The largest absolute Gasteiger partial charge is 0.396 e. The number of aromatic nitrogens is 6. The first kappa shape index (κ1) is 12.2. The van der Waals surface area contributed by atoms with Gasteiger partial charge in [-0.15, -0.1) is 0 Å². The molecule has 3 rings (SSSR count). The van der Waals surface area contributed by atoms with Gasteiger partial charge in [-0.1, -0.05) is 0 Å². The molecule has 8 nitrogen and oxygen atoms in total. The second kappa shape index (κ2) is 5.06. The molecule has 0 bridgehead atoms. The van der Waals surface area contributed by atoms with E-state index in [9.17, 15) is 0 Å². The van der Waals surface area contributed by atoms with E-state index in [0.717, 1.165) is 13.0 Å². The summed E-state index contributed by atoms with van der Waals surface area (Å²) in [6, 6.07) is 0. The minimum atomic E-state index is 0.114. The molecule has 19 heavy (non-hydrogen) atoms. The summed E-state index contributed by atoms with van der Waals surface area (Å²) in [5.74, 6) is 1.09. The number of halogens is 1. The number of nitrogens with zero attached hydrogens (tertiary/aromatic N) is 7. The van der Waals surface area contributed by atoms with Crippen molar-refractivity contribution in [1.82, 2.24) is 29.7 Å². The summed E-state index contributed by atoms with van der Waals surface area (Å²) >= 11 is 5.92. The zero-order valence-corrected chi connectivity index (χ0v) is 10.8. The monoisotopic (exact) mass is 281 g/mol. The van der Waals surface area contributed by atoms with Gasteiger partial charge < -0.3 is 10.0 Å². The third-order valence-corrected chi connectivity index (χ3v) is 3.20. The lowest BCUT2D eigenvalue weighted by Crippen LogP contribution is -2.24. The summed E-state index contributed by atoms with van der Waals surface area (Å²) in [6.07, 6.45) is 3.81. The minimum Gasteiger partial charge on any atom is -0.396 e. The highest BCUT2D eigenvalue weighted by molar-refractivity contribution is 6.28. The van der Waals surface area contributed by atoms with Gasteiger partial charge in [0, 0.05) is 25.6 Å². The molecular weight excluding hydrogens is 270 g/mol. The van der Waals surface area contributed by atoms with Gasteiger partial charge in [0.2, 0.25) is 11.2 Å². The van der Waals surface area contributed by atoms with Crippen molar-refractivity contribution in [2.45, 2.75) is 6.42 Å². The summed E-state index contributed by atoms with van der Waals surface area (Å²) in [6.45, 7) is 1.68. The third-order valence-electron chi connectivity index (χ3n) is 3.04. The highest BCUT2D eigenvalue weighted by atomic mass is 35.5. The summed E-state index contributed by atoms with van der Waals surface area (Å²) in [5, 5.41) is 13.2. The van der Waals surface area contributed by atoms with Crippen LogP contribution < -0.4 is 4.90 Å². The highest BCUT2D eigenvalue weighted by Crippen LogP contribution is 2.21. The number of hydrogen-bond acceptors (Lipinski definition) is 7. The molecule has 9 heteroatoms. The number of anilines is 1. The standard InChI is InChI=1S/C10H12ClN7O/c11-8-14-9(17-2-1-7(3-17)4-19)16-10(15-8)18-6-12-5-13-18/h5-7,19H,1-4H2. The topological polar surface area (TPSA) is 92.8 Å². The highest BCUT2D eigenvalue weighted by Gasteiger charge is 2.24. The van der Waals surface area contributed by atoms with Gasteiger partial charge in [-0.05, 0) is 18.0 Å². The Labute approximate surface area is 114 Å². The van der Waals surface area contributed by atoms with Gasteiger partial charge in [0.15, 0.2) is 0 Å². The van der Waals surface area contributed by atoms with E-state index in [1.165, 1.54) is 17.3 Å². The lowest BCUT2D eigenvalue weighted by atomic mass is 10.1. The van der Waals surface area contributed by atoms with Crippen molar-refractivity contribution in [3.8, 4) is 5.95 Å². The van der Waals surface area contributed by atoms with Crippen LogP contribution in [0.3, 0.4) is 0 Å². The predicted molar refractivity (Wildman–Crippen MR) is 67.2 cm³/mol. The summed E-state index contributed by atoms with van der Waals surface area (Å²) in [7, 11) is 0. The average molecular weight is 282 g/mol. The summed E-state index contributed by atoms with van der Waals surface area (Å²) in [5.41, 5.74) is 0. The molecule has 1 atom stereocenters. The van der Waals surface area contributed by atoms with Gasteiger partial charge in [0.25, 0.3) is 5.95 Å². The van der Waals surface area contributed by atoms with Crippen LogP contribution in [0.5, 0.6) is 0 Å². The van der Waals surface area contributed by atoms with Gasteiger partial charge in [-0.25, -0.2) is 4.98 Å². The maximum Gasteiger partial charge on any atom is 0.258 e. The van der Waals surface area contributed by atoms with Crippen LogP contribution in [0.4, 0.5) is 5.95 Å². The molecule has 1 saturated heterocycles. The maximum atomic E-state index is 9.16. The molecule has 0 aromatic carbocycles. The summed E-state index contributed by atoms with van der Waals surface area (Å²) in [4.78, 5) is 18.3. The molecule has 1 N–H and O–H groups in total. The fourth-order valence-corrected chi connectivity index (χ4v) is 2.20. The number of aliphatic hydroxyl groups excluding tert-OH is 1. The van der Waals surface area contributed by atoms with Gasteiger partial charge >= 0.3 is 0 Å². The Balaban J connectivity index is 1.90. The van der Waals surface area contributed by atoms with Crippen LogP contribution in [-0.4, -0.2) is 54.5 Å². The first-order chi connectivity index (χ1) is 9.26. The molecule has 1 aliphatic heterocycles. The first-order valence-corrected chi connectivity index (χ1v) is 6.26. The smallest absolute Gasteiger partial charge is 0.258 e. The zero-order valence-electron chi connectivity index (χ0n) is 10.0. The molecule has 1 unspecified atom stereocenters. The molecule has 100 valence electrons. The molecule has 0 radical (unpaired) electrons. The van der Waals surface area contributed by atoms with Gasteiger partial charge in [-0.3, -0.25) is 0 Å². The molecule has 3 heterocycles. The zero-order chi connectivity index (χ0) is 13.2. The van der Waals surface area contributed by atoms with Crippen LogP contribution >= 0.6 is 11.6 Å². The molecule has 0 amide bonds. The fourth-order valence-electron chi connectivity index (χ4n) is 2.05. The van der Waals surface area contributed by atoms with Gasteiger partial charge in [0.05, 0.1) is 0 Å². The Morgan fingerprint density at radius 3 is 2.84 bits per heavy atom. The van der Waals surface area contributed by atoms with Crippen molar-refractivity contribution >= 4 is 17.5 Å². The van der Waals surface area contributed by atoms with Crippen LogP contribution in [0.25, 0.3) is 5.95 Å². The molecule has 2 aromatic heterocycles. The second-order valence-electron chi connectivity index (χ2n) is 4.33. The molecule has 2 aromatic rings. The van der Waals surface area contributed by atoms with Crippen LogP contribution in [-0.2, 0) is 0 Å². The van der Waals surface area contributed by atoms with Crippen LogP contribution in [0.2, 0.25) is 5.28 Å². The quantitative estimate of drug-likeness (QED) is 0.841. The lowest BCUT2D eigenvalue weighted by molar-refractivity contribution is 0.238. The number of hydrogen-bond donors (Lipinski definition) is 1. The number of aliphatic hydroxyl groups is 1. The van der Waals surface area contributed by atoms with Gasteiger partial charge in [0.1, 0.15) is 12.7 Å². The molecule has 0 saturated carbocycles. The maximum absolute atomic E-state index is 9.16. The molecule has 0 spiro atoms. The Morgan fingerprint density at radius 2 is 2.16 bits per heavy atom. The molecule has 0 aliphatic carbocycles. The van der Waals surface area contributed by atoms with Crippen molar-refractivity contribution in [3.63, 3.8) is 0 Å². The van der Waals surface area contributed by atoms with E-state index >= 15 is 0 Å². The van der Waals surface area contributed by atoms with Crippen molar-refractivity contribution < 1.29 is 5.11 Å². The van der Waals surface area contributed by atoms with Gasteiger partial charge in [-0.2, -0.15) is 24.7 Å². The lowest BCUT2D eigenvalue weighted by Gasteiger charge is -2.16. The Bertz CT molecular complexity index is 561. The van der Waals surface area contributed by atoms with E-state index in [-0.39, 0.29) is 17.8 Å². The third kappa shape index (κ3) is 2.49. The van der Waals surface area contributed by atoms with E-state index in [1.54, 1.807) is 0 Å². The molecule has 1 aliphatic rings. The fraction of sp³-hybridized carbons (Fsp3) is 0.500. The van der Waals surface area contributed by atoms with Crippen LogP contribution in [0, 0.1) is 5.92 Å². The Kier molecular flexibility index (Phi) is 3.26. The van der Waals surface area contributed by atoms with Crippen molar-refractivity contribution in [1.29, 1.82) is 0 Å². The Morgan fingerprint density at radius 1 is 1.32 bits per heavy atom. The van der Waals surface area contributed by atoms with Crippen LogP contribution in [0.1, 0.15) is 6.42 Å². The second-order valence-corrected chi connectivity index (χ2v) is 4.67. The number of rotatable bonds is 3. The SMILES string of the molecule is OCC1CCN(c2nc(Cl)nc(-n3cncn3)n2)C1. The van der Waals surface area contributed by atoms with E-state index in [4.69, 9.17) is 16.7 Å². The van der Waals surface area contributed by atoms with Crippen molar-refractivity contribution in [2.24, 2.45) is 5.92 Å². The van der Waals surface area contributed by atoms with E-state index < -0.39 is 0 Å². The molecular formula is C10H12ClN7O. The van der Waals surface area contributed by atoms with Crippen molar-refractivity contribution in [3.05, 3.63) is 17.9 Å². The first-order valence-electron chi connectivity index (χ1n) is 5.88. The Hall–Kier alpha value is -1.80. The normalized spacial score (nSPS) is 19.1. The summed E-state index contributed by atoms with van der Waals surface area (Å²) < 4.78 is 1.43.